The molecule has 5 heteroatoms. The molecule has 1 amide bonds. The number of aromatic hydroxyl groups is 1. The molecule has 0 saturated carbocycles. The molecular weight excluding hydrogens is 340 g/mol. The standard InChI is InChI=1S/C22H18N2O3/c1-14-20(23-13-27-14)22(26)24-21(16-8-3-2-4-9-16)19-17-10-6-5-7-15(17)11-12-18(19)25/h2-13,21,25H,1H3,(H,24,26)/t21-/m0/s1. The van der Waals surface area contributed by atoms with Crippen LogP contribution in [0.3, 0.4) is 0 Å². The quantitative estimate of drug-likeness (QED) is 0.568. The first kappa shape index (κ1) is 16.8. The van der Waals surface area contributed by atoms with E-state index in [1.165, 1.54) is 6.39 Å². The van der Waals surface area contributed by atoms with Crippen molar-refractivity contribution in [1.82, 2.24) is 10.3 Å². The van der Waals surface area contributed by atoms with E-state index in [0.717, 1.165) is 16.3 Å². The normalized spacial score (nSPS) is 12.0. The Hall–Kier alpha value is -3.60. The van der Waals surface area contributed by atoms with Crippen molar-refractivity contribution in [2.75, 3.05) is 0 Å². The van der Waals surface area contributed by atoms with Gasteiger partial charge in [0.1, 0.15) is 11.5 Å². The van der Waals surface area contributed by atoms with Crippen molar-refractivity contribution in [3.05, 3.63) is 95.7 Å². The summed E-state index contributed by atoms with van der Waals surface area (Å²) in [6, 6.07) is 20.3. The Bertz CT molecular complexity index is 1100. The molecule has 0 aliphatic heterocycles. The van der Waals surface area contributed by atoms with Gasteiger partial charge in [0.25, 0.3) is 5.91 Å². The third kappa shape index (κ3) is 3.15. The number of carbonyl (C=O) groups excluding carboxylic acids is 1. The highest BCUT2D eigenvalue weighted by Gasteiger charge is 2.24. The van der Waals surface area contributed by atoms with E-state index in [1.54, 1.807) is 13.0 Å². The number of hydrogen-bond donors (Lipinski definition) is 2. The van der Waals surface area contributed by atoms with E-state index < -0.39 is 6.04 Å². The zero-order chi connectivity index (χ0) is 18.8. The molecule has 1 atom stereocenters. The van der Waals surface area contributed by atoms with Gasteiger partial charge in [-0.1, -0.05) is 60.7 Å². The summed E-state index contributed by atoms with van der Waals surface area (Å²) < 4.78 is 5.15. The van der Waals surface area contributed by atoms with Gasteiger partial charge in [-0.15, -0.1) is 0 Å². The van der Waals surface area contributed by atoms with Crippen LogP contribution in [0.15, 0.2) is 77.5 Å². The largest absolute Gasteiger partial charge is 0.508 e. The van der Waals surface area contributed by atoms with E-state index in [0.29, 0.717) is 11.3 Å². The Morgan fingerprint density at radius 3 is 2.52 bits per heavy atom. The van der Waals surface area contributed by atoms with Crippen LogP contribution in [-0.4, -0.2) is 16.0 Å². The number of hydrogen-bond acceptors (Lipinski definition) is 4. The maximum Gasteiger partial charge on any atom is 0.274 e. The molecule has 3 aromatic carbocycles. The molecule has 27 heavy (non-hydrogen) atoms. The molecule has 0 fully saturated rings. The number of carbonyl (C=O) groups is 1. The summed E-state index contributed by atoms with van der Waals surface area (Å²) in [6.07, 6.45) is 1.25. The summed E-state index contributed by atoms with van der Waals surface area (Å²) in [5, 5.41) is 15.5. The second-order valence-corrected chi connectivity index (χ2v) is 6.29. The van der Waals surface area contributed by atoms with Crippen molar-refractivity contribution >= 4 is 16.7 Å². The fourth-order valence-corrected chi connectivity index (χ4v) is 3.28. The molecule has 1 aromatic heterocycles. The Morgan fingerprint density at radius 1 is 1.04 bits per heavy atom. The number of benzene rings is 3. The molecule has 134 valence electrons. The van der Waals surface area contributed by atoms with E-state index in [1.807, 2.05) is 60.7 Å². The molecule has 4 rings (SSSR count). The van der Waals surface area contributed by atoms with E-state index in [4.69, 9.17) is 4.42 Å². The highest BCUT2D eigenvalue weighted by atomic mass is 16.3. The molecule has 5 nitrogen and oxygen atoms in total. The number of rotatable bonds is 4. The lowest BCUT2D eigenvalue weighted by molar-refractivity contribution is 0.0937. The van der Waals surface area contributed by atoms with Gasteiger partial charge in [0.2, 0.25) is 0 Å². The van der Waals surface area contributed by atoms with Gasteiger partial charge < -0.3 is 14.8 Å². The maximum atomic E-state index is 12.8. The molecule has 0 spiro atoms. The minimum absolute atomic E-state index is 0.125. The Morgan fingerprint density at radius 2 is 1.78 bits per heavy atom. The lowest BCUT2D eigenvalue weighted by atomic mass is 9.92. The van der Waals surface area contributed by atoms with Gasteiger partial charge in [-0.05, 0) is 29.3 Å². The van der Waals surface area contributed by atoms with Crippen molar-refractivity contribution in [3.8, 4) is 5.75 Å². The van der Waals surface area contributed by atoms with Gasteiger partial charge in [-0.2, -0.15) is 0 Å². The maximum absolute atomic E-state index is 12.8. The highest BCUT2D eigenvalue weighted by Crippen LogP contribution is 2.36. The van der Waals surface area contributed by atoms with Crippen LogP contribution in [0.25, 0.3) is 10.8 Å². The average molecular weight is 358 g/mol. The van der Waals surface area contributed by atoms with Crippen molar-refractivity contribution in [1.29, 1.82) is 0 Å². The highest BCUT2D eigenvalue weighted by molar-refractivity contribution is 5.95. The number of aryl methyl sites for hydroxylation is 1. The summed E-state index contributed by atoms with van der Waals surface area (Å²) in [4.78, 5) is 16.8. The summed E-state index contributed by atoms with van der Waals surface area (Å²) in [5.74, 6) is 0.212. The second kappa shape index (κ2) is 6.96. The summed E-state index contributed by atoms with van der Waals surface area (Å²) in [6.45, 7) is 1.69. The van der Waals surface area contributed by atoms with Gasteiger partial charge in [0, 0.05) is 5.56 Å². The monoisotopic (exact) mass is 358 g/mol. The third-order valence-corrected chi connectivity index (χ3v) is 4.60. The van der Waals surface area contributed by atoms with Gasteiger partial charge in [-0.3, -0.25) is 4.79 Å². The number of nitrogens with one attached hydrogen (secondary N) is 1. The number of aromatic nitrogens is 1. The topological polar surface area (TPSA) is 75.4 Å². The van der Waals surface area contributed by atoms with E-state index >= 15 is 0 Å². The first-order valence-corrected chi connectivity index (χ1v) is 8.61. The molecule has 1 heterocycles. The van der Waals surface area contributed by atoms with Gasteiger partial charge in [-0.25, -0.2) is 4.98 Å². The van der Waals surface area contributed by atoms with E-state index in [2.05, 4.69) is 10.3 Å². The average Bonchev–Trinajstić information content (AvgIpc) is 3.13. The number of phenols is 1. The predicted molar refractivity (Wildman–Crippen MR) is 103 cm³/mol. The zero-order valence-corrected chi connectivity index (χ0v) is 14.7. The first-order valence-electron chi connectivity index (χ1n) is 8.61. The molecule has 0 bridgehead atoms. The number of phenolic OH excluding ortho intramolecular Hbond substituents is 1. The Kier molecular flexibility index (Phi) is 4.34. The van der Waals surface area contributed by atoms with E-state index in [-0.39, 0.29) is 17.4 Å². The molecular formula is C22H18N2O3. The minimum atomic E-state index is -0.541. The first-order chi connectivity index (χ1) is 13.1. The minimum Gasteiger partial charge on any atom is -0.508 e. The SMILES string of the molecule is Cc1ocnc1C(=O)N[C@@H](c1ccccc1)c1c(O)ccc2ccccc12. The van der Waals surface area contributed by atoms with Gasteiger partial charge >= 0.3 is 0 Å². The lowest BCUT2D eigenvalue weighted by Gasteiger charge is -2.22. The van der Waals surface area contributed by atoms with Crippen LogP contribution < -0.4 is 5.32 Å². The number of amides is 1. The van der Waals surface area contributed by atoms with Gasteiger partial charge in [0.15, 0.2) is 12.1 Å². The molecule has 0 aliphatic rings. The summed E-state index contributed by atoms with van der Waals surface area (Å²) >= 11 is 0. The number of fused-ring (bicyclic) bond motifs is 1. The van der Waals surface area contributed by atoms with Crippen molar-refractivity contribution < 1.29 is 14.3 Å². The van der Waals surface area contributed by atoms with Crippen molar-refractivity contribution in [2.45, 2.75) is 13.0 Å². The molecule has 0 aliphatic carbocycles. The fourth-order valence-electron chi connectivity index (χ4n) is 3.28. The van der Waals surface area contributed by atoms with Gasteiger partial charge in [0.05, 0.1) is 6.04 Å². The third-order valence-electron chi connectivity index (χ3n) is 4.60. The van der Waals surface area contributed by atoms with Crippen LogP contribution in [0, 0.1) is 6.92 Å². The fraction of sp³-hybridized carbons (Fsp3) is 0.0909. The lowest BCUT2D eigenvalue weighted by Crippen LogP contribution is -2.30. The van der Waals surface area contributed by atoms with Crippen LogP contribution in [0.1, 0.15) is 33.4 Å². The second-order valence-electron chi connectivity index (χ2n) is 6.29. The Labute approximate surface area is 156 Å². The predicted octanol–water partition coefficient (Wildman–Crippen LogP) is 4.36. The summed E-state index contributed by atoms with van der Waals surface area (Å²) in [7, 11) is 0. The van der Waals surface area contributed by atoms with Crippen LogP contribution in [0.2, 0.25) is 0 Å². The summed E-state index contributed by atoms with van der Waals surface area (Å²) in [5.41, 5.74) is 1.74. The molecule has 0 saturated heterocycles. The van der Waals surface area contributed by atoms with Crippen LogP contribution in [0.4, 0.5) is 0 Å². The molecule has 4 aromatic rings. The Balaban J connectivity index is 1.86. The van der Waals surface area contributed by atoms with Crippen molar-refractivity contribution in [3.63, 3.8) is 0 Å². The zero-order valence-electron chi connectivity index (χ0n) is 14.7. The smallest absolute Gasteiger partial charge is 0.274 e. The van der Waals surface area contributed by atoms with Crippen LogP contribution >= 0.6 is 0 Å². The van der Waals surface area contributed by atoms with Crippen LogP contribution in [-0.2, 0) is 0 Å². The number of oxazole rings is 1. The molecule has 2 N–H and O–H groups in total. The molecule has 0 unspecified atom stereocenters. The van der Waals surface area contributed by atoms with E-state index in [9.17, 15) is 9.90 Å². The molecule has 0 radical (unpaired) electrons. The van der Waals surface area contributed by atoms with Crippen LogP contribution in [0.5, 0.6) is 5.75 Å². The number of nitrogens with zero attached hydrogens (tertiary/aromatic N) is 1. The van der Waals surface area contributed by atoms with Crippen molar-refractivity contribution in [2.24, 2.45) is 0 Å².